The molecule has 0 aliphatic heterocycles. The van der Waals surface area contributed by atoms with Crippen LogP contribution in [0.15, 0.2) is 12.3 Å². The number of aryl methyl sites for hydroxylation is 1. The number of methoxy groups -OCH3 is 1. The molecule has 1 N–H and O–H groups in total. The van der Waals surface area contributed by atoms with Crippen LogP contribution in [-0.2, 0) is 22.6 Å². The van der Waals surface area contributed by atoms with Crippen molar-refractivity contribution in [2.45, 2.75) is 39.4 Å². The molecule has 0 aliphatic carbocycles. The summed E-state index contributed by atoms with van der Waals surface area (Å²) >= 11 is 0. The molecule has 0 amide bonds. The van der Waals surface area contributed by atoms with Gasteiger partial charge in [-0.25, -0.2) is 0 Å². The minimum absolute atomic E-state index is 0.249. The zero-order valence-corrected chi connectivity index (χ0v) is 10.1. The molecule has 0 saturated carbocycles. The largest absolute Gasteiger partial charge is 0.468 e. The third-order valence-electron chi connectivity index (χ3n) is 2.38. The molecule has 0 spiro atoms. The van der Waals surface area contributed by atoms with Crippen molar-refractivity contribution >= 4 is 5.97 Å². The number of carbonyl (C=O) groups excluding carboxylic acids is 1. The molecule has 16 heavy (non-hydrogen) atoms. The fraction of sp³-hybridized carbons (Fsp3) is 0.636. The summed E-state index contributed by atoms with van der Waals surface area (Å²) in [5, 5.41) is 7.31. The van der Waals surface area contributed by atoms with Crippen LogP contribution in [0.5, 0.6) is 0 Å². The first-order valence-corrected chi connectivity index (χ1v) is 5.51. The van der Waals surface area contributed by atoms with Crippen molar-refractivity contribution in [3.8, 4) is 0 Å². The van der Waals surface area contributed by atoms with Crippen LogP contribution in [0.1, 0.15) is 26.0 Å². The summed E-state index contributed by atoms with van der Waals surface area (Å²) in [5.74, 6) is -0.249. The normalized spacial score (nSPS) is 12.4. The van der Waals surface area contributed by atoms with Gasteiger partial charge in [-0.2, -0.15) is 5.10 Å². The summed E-state index contributed by atoms with van der Waals surface area (Å²) in [5.41, 5.74) is 1.08. The van der Waals surface area contributed by atoms with Crippen LogP contribution in [0.2, 0.25) is 0 Å². The summed E-state index contributed by atoms with van der Waals surface area (Å²) in [6.45, 7) is 5.41. The molecular formula is C11H19N3O2. The Morgan fingerprint density at radius 3 is 3.06 bits per heavy atom. The highest BCUT2D eigenvalue weighted by atomic mass is 16.5. The molecule has 0 bridgehead atoms. The summed E-state index contributed by atoms with van der Waals surface area (Å²) in [4.78, 5) is 11.2. The third-order valence-corrected chi connectivity index (χ3v) is 2.38. The number of ether oxygens (including phenoxy) is 1. The van der Waals surface area contributed by atoms with E-state index in [0.29, 0.717) is 6.54 Å². The number of nitrogens with zero attached hydrogens (tertiary/aromatic N) is 2. The summed E-state index contributed by atoms with van der Waals surface area (Å²) in [7, 11) is 1.39. The number of hydrogen-bond acceptors (Lipinski definition) is 4. The number of aromatic nitrogens is 2. The van der Waals surface area contributed by atoms with Crippen LogP contribution in [0.3, 0.4) is 0 Å². The number of hydrogen-bond donors (Lipinski definition) is 1. The molecule has 0 aromatic carbocycles. The summed E-state index contributed by atoms with van der Waals surface area (Å²) in [6.07, 6.45) is 2.82. The van der Waals surface area contributed by atoms with Crippen LogP contribution in [0, 0.1) is 0 Å². The minimum atomic E-state index is -0.296. The van der Waals surface area contributed by atoms with E-state index in [-0.39, 0.29) is 12.0 Å². The Hall–Kier alpha value is -1.36. The molecular weight excluding hydrogens is 206 g/mol. The van der Waals surface area contributed by atoms with Crippen molar-refractivity contribution in [3.05, 3.63) is 18.0 Å². The summed E-state index contributed by atoms with van der Waals surface area (Å²) < 4.78 is 6.58. The van der Waals surface area contributed by atoms with E-state index in [1.165, 1.54) is 7.11 Å². The number of nitrogens with one attached hydrogen (secondary N) is 1. The highest BCUT2D eigenvalue weighted by molar-refractivity contribution is 5.75. The van der Waals surface area contributed by atoms with Gasteiger partial charge in [-0.05, 0) is 19.4 Å². The molecule has 0 saturated heterocycles. The number of esters is 1. The van der Waals surface area contributed by atoms with Crippen molar-refractivity contribution < 1.29 is 9.53 Å². The highest BCUT2D eigenvalue weighted by Crippen LogP contribution is 2.00. The van der Waals surface area contributed by atoms with E-state index in [1.807, 2.05) is 10.7 Å². The third kappa shape index (κ3) is 3.34. The molecule has 1 unspecified atom stereocenters. The fourth-order valence-corrected chi connectivity index (χ4v) is 1.44. The molecule has 1 rings (SSSR count). The van der Waals surface area contributed by atoms with Crippen molar-refractivity contribution in [2.24, 2.45) is 0 Å². The fourth-order valence-electron chi connectivity index (χ4n) is 1.44. The second-order valence-corrected chi connectivity index (χ2v) is 3.67. The quantitative estimate of drug-likeness (QED) is 0.732. The second-order valence-electron chi connectivity index (χ2n) is 3.67. The van der Waals surface area contributed by atoms with Crippen molar-refractivity contribution in [2.75, 3.05) is 7.11 Å². The van der Waals surface area contributed by atoms with Crippen LogP contribution in [-0.4, -0.2) is 28.9 Å². The van der Waals surface area contributed by atoms with E-state index in [1.54, 1.807) is 13.1 Å². The molecule has 1 heterocycles. The molecule has 1 aromatic heterocycles. The van der Waals surface area contributed by atoms with Gasteiger partial charge in [-0.3, -0.25) is 14.8 Å². The Morgan fingerprint density at radius 2 is 2.44 bits per heavy atom. The first-order valence-electron chi connectivity index (χ1n) is 5.51. The Bertz CT molecular complexity index is 336. The predicted octanol–water partition coefficient (Wildman–Crippen LogP) is 0.944. The average molecular weight is 225 g/mol. The van der Waals surface area contributed by atoms with Gasteiger partial charge in [0.15, 0.2) is 0 Å². The van der Waals surface area contributed by atoms with Crippen LogP contribution < -0.4 is 5.32 Å². The van der Waals surface area contributed by atoms with Gasteiger partial charge < -0.3 is 4.74 Å². The standard InChI is InChI=1S/C11H19N3O2/c1-4-7-14-10(5-6-13-14)8-12-9(2)11(15)16-3/h5-6,9,12H,4,7-8H2,1-3H3. The predicted molar refractivity (Wildman–Crippen MR) is 60.8 cm³/mol. The van der Waals surface area contributed by atoms with Gasteiger partial charge in [-0.15, -0.1) is 0 Å². The molecule has 5 heteroatoms. The molecule has 0 aliphatic rings. The SMILES string of the molecule is CCCn1nccc1CNC(C)C(=O)OC. The molecule has 0 fully saturated rings. The lowest BCUT2D eigenvalue weighted by molar-refractivity contribution is -0.142. The van der Waals surface area contributed by atoms with E-state index >= 15 is 0 Å². The molecule has 1 atom stereocenters. The van der Waals surface area contributed by atoms with Gasteiger partial charge in [0.1, 0.15) is 6.04 Å². The highest BCUT2D eigenvalue weighted by Gasteiger charge is 2.12. The molecule has 1 aromatic rings. The zero-order valence-electron chi connectivity index (χ0n) is 10.1. The Labute approximate surface area is 95.8 Å². The van der Waals surface area contributed by atoms with Crippen molar-refractivity contribution in [1.29, 1.82) is 0 Å². The Kier molecular flexibility index (Phi) is 4.98. The lowest BCUT2D eigenvalue weighted by Crippen LogP contribution is -2.34. The van der Waals surface area contributed by atoms with Gasteiger partial charge in [0.2, 0.25) is 0 Å². The molecule has 90 valence electrons. The average Bonchev–Trinajstić information content (AvgIpc) is 2.73. The van der Waals surface area contributed by atoms with Crippen molar-refractivity contribution in [3.63, 3.8) is 0 Å². The van der Waals surface area contributed by atoms with Gasteiger partial charge in [0.25, 0.3) is 0 Å². The Balaban J connectivity index is 2.47. The number of rotatable bonds is 6. The maximum absolute atomic E-state index is 11.2. The van der Waals surface area contributed by atoms with Crippen LogP contribution in [0.4, 0.5) is 0 Å². The van der Waals surface area contributed by atoms with E-state index in [9.17, 15) is 4.79 Å². The van der Waals surface area contributed by atoms with Gasteiger partial charge in [0.05, 0.1) is 12.8 Å². The van der Waals surface area contributed by atoms with Crippen LogP contribution in [0.25, 0.3) is 0 Å². The smallest absolute Gasteiger partial charge is 0.322 e. The molecule has 0 radical (unpaired) electrons. The van der Waals surface area contributed by atoms with Gasteiger partial charge in [-0.1, -0.05) is 6.92 Å². The maximum Gasteiger partial charge on any atom is 0.322 e. The first kappa shape index (κ1) is 12.7. The van der Waals surface area contributed by atoms with Gasteiger partial charge in [0, 0.05) is 19.3 Å². The van der Waals surface area contributed by atoms with Crippen molar-refractivity contribution in [1.82, 2.24) is 15.1 Å². The zero-order chi connectivity index (χ0) is 12.0. The first-order chi connectivity index (χ1) is 7.69. The Morgan fingerprint density at radius 1 is 1.69 bits per heavy atom. The van der Waals surface area contributed by atoms with E-state index in [2.05, 4.69) is 22.1 Å². The second kappa shape index (κ2) is 6.27. The topological polar surface area (TPSA) is 56.2 Å². The van der Waals surface area contributed by atoms with E-state index in [4.69, 9.17) is 0 Å². The van der Waals surface area contributed by atoms with Gasteiger partial charge >= 0.3 is 5.97 Å². The van der Waals surface area contributed by atoms with Crippen LogP contribution >= 0.6 is 0 Å². The number of carbonyl (C=O) groups is 1. The summed E-state index contributed by atoms with van der Waals surface area (Å²) in [6, 6.07) is 1.65. The van der Waals surface area contributed by atoms with E-state index < -0.39 is 0 Å². The van der Waals surface area contributed by atoms with E-state index in [0.717, 1.165) is 18.7 Å². The lowest BCUT2D eigenvalue weighted by Gasteiger charge is -2.12. The maximum atomic E-state index is 11.2. The molecule has 5 nitrogen and oxygen atoms in total. The lowest BCUT2D eigenvalue weighted by atomic mass is 10.3. The minimum Gasteiger partial charge on any atom is -0.468 e. The monoisotopic (exact) mass is 225 g/mol.